The molecular formula is C19H18N8O7S3. The van der Waals surface area contributed by atoms with Crippen molar-refractivity contribution in [3.05, 3.63) is 33.9 Å². The molecule has 0 aromatic carbocycles. The number of anilines is 2. The number of rotatable bonds is 9. The van der Waals surface area contributed by atoms with Gasteiger partial charge in [-0.2, -0.15) is 0 Å². The van der Waals surface area contributed by atoms with Gasteiger partial charge in [0.15, 0.2) is 16.0 Å². The number of aliphatic carboxylic acids is 1. The van der Waals surface area contributed by atoms with E-state index in [9.17, 15) is 24.3 Å². The van der Waals surface area contributed by atoms with Crippen molar-refractivity contribution in [3.8, 4) is 0 Å². The monoisotopic (exact) mass is 566 g/mol. The number of aromatic nitrogens is 2. The number of nitrogens with zero attached hydrogens (tertiary/aromatic N) is 5. The average Bonchev–Trinajstić information content (AvgIpc) is 3.52. The normalized spacial score (nSPS) is 19.4. The molecule has 0 aliphatic carbocycles. The summed E-state index contributed by atoms with van der Waals surface area (Å²) in [5.74, 6) is -2.76. The topological polar surface area (TPSA) is 211 Å². The first-order valence-corrected chi connectivity index (χ1v) is 13.0. The van der Waals surface area contributed by atoms with Gasteiger partial charge >= 0.3 is 5.97 Å². The van der Waals surface area contributed by atoms with E-state index in [4.69, 9.17) is 10.6 Å². The molecule has 2 aromatic heterocycles. The molecule has 18 heteroatoms. The second-order valence-corrected chi connectivity index (χ2v) is 9.98. The van der Waals surface area contributed by atoms with Crippen LogP contribution in [0.4, 0.5) is 10.3 Å². The number of nitrogens with two attached hydrogens (primary N) is 1. The molecule has 194 valence electrons. The highest BCUT2D eigenvalue weighted by molar-refractivity contribution is 8.00. The van der Waals surface area contributed by atoms with Crippen LogP contribution < -0.4 is 16.4 Å². The standard InChI is InChI=1S/C19H18N8O7S3/c1-33-25-10(7-5-36-18(20)21-7)14(29)23-12-15(30)27-9(3-4-35-16(12)27)13(28)24-19-22-8(6-37-19)11(17(31)32)26-34-2/h3,5-6,12,16H,4H2,1-2H3,(H2,20,21)(H,23,29)(H,31,32)(H,22,24,28)/b25-10-,26-11-/t12-,16-/m1/s1. The first-order chi connectivity index (χ1) is 17.7. The van der Waals surface area contributed by atoms with E-state index in [0.717, 1.165) is 22.7 Å². The fourth-order valence-corrected chi connectivity index (χ4v) is 5.77. The number of carboxylic acids is 1. The van der Waals surface area contributed by atoms with E-state index in [0.29, 0.717) is 5.75 Å². The Morgan fingerprint density at radius 3 is 2.46 bits per heavy atom. The fourth-order valence-electron chi connectivity index (χ4n) is 3.34. The number of carbonyl (C=O) groups excluding carboxylic acids is 3. The lowest BCUT2D eigenvalue weighted by Gasteiger charge is -2.48. The van der Waals surface area contributed by atoms with Crippen molar-refractivity contribution < 1.29 is 34.0 Å². The first kappa shape index (κ1) is 26.0. The summed E-state index contributed by atoms with van der Waals surface area (Å²) in [5, 5.41) is 24.2. The molecule has 2 atom stereocenters. The van der Waals surface area contributed by atoms with Gasteiger partial charge in [0, 0.05) is 16.5 Å². The molecular weight excluding hydrogens is 548 g/mol. The molecule has 0 radical (unpaired) electrons. The molecule has 4 rings (SSSR count). The van der Waals surface area contributed by atoms with Gasteiger partial charge < -0.3 is 25.8 Å². The summed E-state index contributed by atoms with van der Waals surface area (Å²) in [6.07, 6.45) is 1.58. The lowest BCUT2D eigenvalue weighted by molar-refractivity contribution is -0.146. The fraction of sp³-hybridized carbons (Fsp3) is 0.263. The molecule has 2 aliphatic heterocycles. The highest BCUT2D eigenvalue weighted by Gasteiger charge is 2.53. The minimum Gasteiger partial charge on any atom is -0.476 e. The van der Waals surface area contributed by atoms with Crippen LogP contribution in [0, 0.1) is 0 Å². The van der Waals surface area contributed by atoms with Crippen LogP contribution in [0.25, 0.3) is 0 Å². The van der Waals surface area contributed by atoms with E-state index < -0.39 is 40.8 Å². The number of hydrogen-bond acceptors (Lipinski definition) is 14. The van der Waals surface area contributed by atoms with E-state index in [1.165, 1.54) is 41.6 Å². The summed E-state index contributed by atoms with van der Waals surface area (Å²) in [6.45, 7) is 0. The van der Waals surface area contributed by atoms with E-state index >= 15 is 0 Å². The third-order valence-electron chi connectivity index (χ3n) is 4.88. The van der Waals surface area contributed by atoms with E-state index in [1.54, 1.807) is 6.08 Å². The number of nitrogens with one attached hydrogen (secondary N) is 2. The lowest BCUT2D eigenvalue weighted by atomic mass is 10.0. The lowest BCUT2D eigenvalue weighted by Crippen LogP contribution is -2.70. The Morgan fingerprint density at radius 1 is 1.14 bits per heavy atom. The van der Waals surface area contributed by atoms with Crippen molar-refractivity contribution in [2.24, 2.45) is 10.3 Å². The largest absolute Gasteiger partial charge is 0.476 e. The van der Waals surface area contributed by atoms with E-state index in [1.807, 2.05) is 0 Å². The molecule has 3 amide bonds. The van der Waals surface area contributed by atoms with Crippen LogP contribution in [0.1, 0.15) is 11.4 Å². The predicted octanol–water partition coefficient (Wildman–Crippen LogP) is -0.110. The van der Waals surface area contributed by atoms with Crippen LogP contribution in [0.2, 0.25) is 0 Å². The second kappa shape index (κ2) is 10.9. The number of carboxylic acid groups (broad SMARTS) is 1. The van der Waals surface area contributed by atoms with Gasteiger partial charge in [0.05, 0.1) is 0 Å². The van der Waals surface area contributed by atoms with Gasteiger partial charge in [0.1, 0.15) is 42.7 Å². The molecule has 4 heterocycles. The predicted molar refractivity (Wildman–Crippen MR) is 135 cm³/mol. The summed E-state index contributed by atoms with van der Waals surface area (Å²) in [7, 11) is 2.46. The molecule has 0 bridgehead atoms. The molecule has 1 fully saturated rings. The summed E-state index contributed by atoms with van der Waals surface area (Å²) >= 11 is 3.45. The third kappa shape index (κ3) is 5.25. The highest BCUT2D eigenvalue weighted by atomic mass is 32.2. The van der Waals surface area contributed by atoms with Gasteiger partial charge in [-0.15, -0.1) is 34.4 Å². The molecule has 0 unspecified atom stereocenters. The van der Waals surface area contributed by atoms with Crippen molar-refractivity contribution in [1.82, 2.24) is 20.2 Å². The molecule has 1 saturated heterocycles. The Balaban J connectivity index is 1.43. The van der Waals surface area contributed by atoms with Crippen LogP contribution in [0.5, 0.6) is 0 Å². The Hall–Kier alpha value is -4.03. The smallest absolute Gasteiger partial charge is 0.360 e. The molecule has 0 saturated carbocycles. The number of fused-ring (bicyclic) bond motifs is 1. The molecule has 5 N–H and O–H groups in total. The Bertz CT molecular complexity index is 1350. The number of β-lactam (4-membered cyclic amide) rings is 1. The first-order valence-electron chi connectivity index (χ1n) is 10.1. The third-order valence-corrected chi connectivity index (χ3v) is 7.50. The van der Waals surface area contributed by atoms with Gasteiger partial charge in [0.2, 0.25) is 5.71 Å². The van der Waals surface area contributed by atoms with Crippen molar-refractivity contribution in [2.45, 2.75) is 11.4 Å². The molecule has 2 aliphatic rings. The number of hydrogen-bond donors (Lipinski definition) is 4. The van der Waals surface area contributed by atoms with E-state index in [-0.39, 0.29) is 33.1 Å². The Kier molecular flexibility index (Phi) is 7.69. The number of amides is 3. The zero-order chi connectivity index (χ0) is 26.7. The molecule has 0 spiro atoms. The van der Waals surface area contributed by atoms with Crippen molar-refractivity contribution in [2.75, 3.05) is 31.0 Å². The SMILES string of the molecule is CO/N=C(\C(=O)O)c1csc(NC(=O)C2=CCS[C@@H]3[C@H](NC(=O)/C(=N\OC)c4csc(N)n4)C(=O)N23)n1. The maximum atomic E-state index is 12.9. The van der Waals surface area contributed by atoms with Gasteiger partial charge in [-0.3, -0.25) is 24.6 Å². The van der Waals surface area contributed by atoms with Crippen LogP contribution in [0.3, 0.4) is 0 Å². The zero-order valence-corrected chi connectivity index (χ0v) is 21.5. The number of nitrogen functional groups attached to an aromatic ring is 1. The van der Waals surface area contributed by atoms with Gasteiger partial charge in [-0.05, 0) is 6.08 Å². The minimum absolute atomic E-state index is 0.00101. The molecule has 2 aromatic rings. The van der Waals surface area contributed by atoms with Gasteiger partial charge in [-0.25, -0.2) is 14.8 Å². The average molecular weight is 567 g/mol. The zero-order valence-electron chi connectivity index (χ0n) is 19.0. The molecule has 37 heavy (non-hydrogen) atoms. The number of thiazole rings is 2. The maximum Gasteiger partial charge on any atom is 0.360 e. The van der Waals surface area contributed by atoms with E-state index in [2.05, 4.69) is 35.8 Å². The summed E-state index contributed by atoms with van der Waals surface area (Å²) in [5.41, 5.74) is 5.34. The number of thioether (sulfide) groups is 1. The second-order valence-electron chi connectivity index (χ2n) is 7.09. The summed E-state index contributed by atoms with van der Waals surface area (Å²) < 4.78 is 0. The van der Waals surface area contributed by atoms with Crippen LogP contribution in [-0.2, 0) is 28.9 Å². The van der Waals surface area contributed by atoms with Crippen molar-refractivity contribution >= 4 is 79.8 Å². The van der Waals surface area contributed by atoms with Crippen LogP contribution in [-0.4, -0.2) is 86.5 Å². The quantitative estimate of drug-likeness (QED) is 0.179. The highest BCUT2D eigenvalue weighted by Crippen LogP contribution is 2.38. The maximum absolute atomic E-state index is 12.9. The number of oxime groups is 2. The molecule has 15 nitrogen and oxygen atoms in total. The Morgan fingerprint density at radius 2 is 1.81 bits per heavy atom. The summed E-state index contributed by atoms with van der Waals surface area (Å²) in [4.78, 5) is 68.6. The Labute approximate surface area is 220 Å². The number of carbonyl (C=O) groups is 4. The minimum atomic E-state index is -1.35. The van der Waals surface area contributed by atoms with Crippen molar-refractivity contribution in [3.63, 3.8) is 0 Å². The van der Waals surface area contributed by atoms with Gasteiger partial charge in [-0.1, -0.05) is 10.3 Å². The van der Waals surface area contributed by atoms with Gasteiger partial charge in [0.25, 0.3) is 17.7 Å². The van der Waals surface area contributed by atoms with Crippen LogP contribution in [0.15, 0.2) is 32.8 Å². The summed E-state index contributed by atoms with van der Waals surface area (Å²) in [6, 6.07) is -0.915. The van der Waals surface area contributed by atoms with Crippen LogP contribution >= 0.6 is 34.4 Å². The van der Waals surface area contributed by atoms with Crippen molar-refractivity contribution in [1.29, 1.82) is 0 Å².